The number of hydrogen-bond donors (Lipinski definition) is 0. The lowest BCUT2D eigenvalue weighted by Crippen LogP contribution is -2.50. The highest BCUT2D eigenvalue weighted by molar-refractivity contribution is 6.30. The number of piperazine rings is 1. The highest BCUT2D eigenvalue weighted by atomic mass is 35.5. The van der Waals surface area contributed by atoms with Gasteiger partial charge in [0.25, 0.3) is 5.91 Å². The average molecular weight is 463 g/mol. The van der Waals surface area contributed by atoms with E-state index >= 15 is 0 Å². The van der Waals surface area contributed by atoms with Crippen LogP contribution in [0.1, 0.15) is 22.7 Å². The number of carbonyl (C=O) groups excluding carboxylic acids is 1. The number of aryl methyl sites for hydroxylation is 1. The third-order valence-electron chi connectivity index (χ3n) is 5.38. The van der Waals surface area contributed by atoms with Crippen LogP contribution in [0.25, 0.3) is 12.2 Å². The zero-order chi connectivity index (χ0) is 23.2. The van der Waals surface area contributed by atoms with E-state index < -0.39 is 0 Å². The van der Waals surface area contributed by atoms with Gasteiger partial charge in [0, 0.05) is 37.3 Å². The first-order valence-electron chi connectivity index (χ1n) is 10.6. The molecule has 0 spiro atoms. The summed E-state index contributed by atoms with van der Waals surface area (Å²) in [6.45, 7) is 4.05. The fraction of sp³-hybridized carbons (Fsp3) is 0.240. The number of hydrogen-bond acceptors (Lipinski definition) is 6. The van der Waals surface area contributed by atoms with Crippen molar-refractivity contribution in [3.8, 4) is 11.8 Å². The number of carbonyl (C=O) groups is 1. The van der Waals surface area contributed by atoms with E-state index in [9.17, 15) is 10.1 Å². The maximum atomic E-state index is 12.6. The van der Waals surface area contributed by atoms with E-state index in [-0.39, 0.29) is 18.2 Å². The second-order valence-corrected chi connectivity index (χ2v) is 8.06. The molecule has 2 aromatic carbocycles. The van der Waals surface area contributed by atoms with Crippen LogP contribution in [-0.2, 0) is 4.79 Å². The lowest BCUT2D eigenvalue weighted by atomic mass is 10.2. The number of rotatable bonds is 6. The van der Waals surface area contributed by atoms with E-state index in [0.717, 1.165) is 11.1 Å². The molecule has 0 atom stereocenters. The van der Waals surface area contributed by atoms with Gasteiger partial charge in [0.05, 0.1) is 0 Å². The van der Waals surface area contributed by atoms with Crippen LogP contribution in [0.3, 0.4) is 0 Å². The van der Waals surface area contributed by atoms with Crippen LogP contribution in [0, 0.1) is 18.3 Å². The molecule has 0 N–H and O–H groups in total. The third kappa shape index (κ3) is 5.54. The van der Waals surface area contributed by atoms with Crippen molar-refractivity contribution >= 4 is 35.5 Å². The van der Waals surface area contributed by atoms with Gasteiger partial charge < -0.3 is 19.0 Å². The number of oxazole rings is 1. The van der Waals surface area contributed by atoms with Crippen molar-refractivity contribution in [2.45, 2.75) is 6.92 Å². The van der Waals surface area contributed by atoms with Gasteiger partial charge in [0.1, 0.15) is 11.8 Å². The van der Waals surface area contributed by atoms with Gasteiger partial charge in [-0.3, -0.25) is 4.79 Å². The summed E-state index contributed by atoms with van der Waals surface area (Å²) in [4.78, 5) is 20.6. The molecule has 0 radical (unpaired) electrons. The summed E-state index contributed by atoms with van der Waals surface area (Å²) in [5.41, 5.74) is 2.16. The predicted octanol–water partition coefficient (Wildman–Crippen LogP) is 4.41. The molecule has 1 aromatic heterocycles. The zero-order valence-electron chi connectivity index (χ0n) is 18.2. The summed E-state index contributed by atoms with van der Waals surface area (Å²) < 4.78 is 11.5. The van der Waals surface area contributed by atoms with Crippen LogP contribution in [-0.4, -0.2) is 48.6 Å². The van der Waals surface area contributed by atoms with Crippen LogP contribution in [0.15, 0.2) is 52.9 Å². The number of halogens is 1. The summed E-state index contributed by atoms with van der Waals surface area (Å²) in [6.07, 6.45) is 3.56. The smallest absolute Gasteiger partial charge is 0.260 e. The molecule has 7 nitrogen and oxygen atoms in total. The molecular formula is C25H23ClN4O3. The molecule has 0 bridgehead atoms. The molecule has 1 aliphatic heterocycles. The Balaban J connectivity index is 1.35. The molecule has 1 amide bonds. The summed E-state index contributed by atoms with van der Waals surface area (Å²) in [5, 5.41) is 10.2. The Morgan fingerprint density at radius 2 is 1.88 bits per heavy atom. The van der Waals surface area contributed by atoms with Gasteiger partial charge in [-0.2, -0.15) is 10.2 Å². The fourth-order valence-corrected chi connectivity index (χ4v) is 3.66. The van der Waals surface area contributed by atoms with Gasteiger partial charge in [0.2, 0.25) is 17.5 Å². The van der Waals surface area contributed by atoms with E-state index in [1.165, 1.54) is 0 Å². The second kappa shape index (κ2) is 10.2. The largest absolute Gasteiger partial charge is 0.484 e. The Bertz CT molecular complexity index is 1190. The number of amides is 1. The molecule has 1 aliphatic rings. The highest BCUT2D eigenvalue weighted by Crippen LogP contribution is 2.24. The quantitative estimate of drug-likeness (QED) is 0.539. The van der Waals surface area contributed by atoms with Crippen molar-refractivity contribution in [2.24, 2.45) is 0 Å². The second-order valence-electron chi connectivity index (χ2n) is 7.62. The summed E-state index contributed by atoms with van der Waals surface area (Å²) in [6, 6.07) is 17.1. The Morgan fingerprint density at radius 3 is 2.58 bits per heavy atom. The predicted molar refractivity (Wildman–Crippen MR) is 127 cm³/mol. The van der Waals surface area contributed by atoms with Crippen LogP contribution in [0.2, 0.25) is 5.02 Å². The number of benzene rings is 2. The van der Waals surface area contributed by atoms with Crippen molar-refractivity contribution < 1.29 is 13.9 Å². The maximum absolute atomic E-state index is 12.6. The molecule has 0 saturated carbocycles. The molecule has 168 valence electrons. The van der Waals surface area contributed by atoms with Crippen LogP contribution < -0.4 is 9.64 Å². The first-order chi connectivity index (χ1) is 16.0. The molecule has 0 unspecified atom stereocenters. The standard InChI is InChI=1S/C25H23ClN4O3/c1-18-4-2-3-5-22(18)32-17-24(31)29-12-14-30(15-13-29)25-21(16-27)28-23(33-25)11-8-19-6-9-20(26)10-7-19/h2-11H,12-15,17H2,1H3. The zero-order valence-corrected chi connectivity index (χ0v) is 19.0. The molecule has 0 aliphatic carbocycles. The topological polar surface area (TPSA) is 82.6 Å². The summed E-state index contributed by atoms with van der Waals surface area (Å²) >= 11 is 5.91. The Labute approximate surface area is 197 Å². The van der Waals surface area contributed by atoms with Gasteiger partial charge >= 0.3 is 0 Å². The number of nitriles is 1. The number of anilines is 1. The van der Waals surface area contributed by atoms with Gasteiger partial charge in [-0.25, -0.2) is 0 Å². The minimum atomic E-state index is -0.0671. The highest BCUT2D eigenvalue weighted by Gasteiger charge is 2.26. The Kier molecular flexibility index (Phi) is 6.96. The van der Waals surface area contributed by atoms with Crippen LogP contribution >= 0.6 is 11.6 Å². The Morgan fingerprint density at radius 1 is 1.15 bits per heavy atom. The van der Waals surface area contributed by atoms with E-state index in [4.69, 9.17) is 20.8 Å². The molecule has 1 fully saturated rings. The molecule has 8 heteroatoms. The molecule has 33 heavy (non-hydrogen) atoms. The Hall–Kier alpha value is -3.76. The minimum Gasteiger partial charge on any atom is -0.484 e. The number of para-hydroxylation sites is 1. The van der Waals surface area contributed by atoms with Crippen molar-refractivity contribution in [3.05, 3.63) is 76.3 Å². The van der Waals surface area contributed by atoms with Gasteiger partial charge in [0.15, 0.2) is 6.61 Å². The van der Waals surface area contributed by atoms with E-state index in [2.05, 4.69) is 11.1 Å². The minimum absolute atomic E-state index is 0.00372. The molecule has 1 saturated heterocycles. The normalized spacial score (nSPS) is 13.8. The monoisotopic (exact) mass is 462 g/mol. The van der Waals surface area contributed by atoms with Crippen molar-refractivity contribution in [3.63, 3.8) is 0 Å². The number of ether oxygens (including phenoxy) is 1. The van der Waals surface area contributed by atoms with Gasteiger partial charge in [-0.1, -0.05) is 41.9 Å². The lowest BCUT2D eigenvalue weighted by Gasteiger charge is -2.34. The van der Waals surface area contributed by atoms with E-state index in [0.29, 0.717) is 48.7 Å². The summed E-state index contributed by atoms with van der Waals surface area (Å²) in [5.74, 6) is 1.42. The average Bonchev–Trinajstić information content (AvgIpc) is 3.26. The molecular weight excluding hydrogens is 440 g/mol. The fourth-order valence-electron chi connectivity index (χ4n) is 3.54. The number of nitrogens with zero attached hydrogens (tertiary/aromatic N) is 4. The summed E-state index contributed by atoms with van der Waals surface area (Å²) in [7, 11) is 0. The van der Waals surface area contributed by atoms with Crippen molar-refractivity contribution in [1.29, 1.82) is 5.26 Å². The van der Waals surface area contributed by atoms with E-state index in [1.807, 2.05) is 54.3 Å². The van der Waals surface area contributed by atoms with Crippen molar-refractivity contribution in [2.75, 3.05) is 37.7 Å². The molecule has 2 heterocycles. The van der Waals surface area contributed by atoms with Crippen molar-refractivity contribution in [1.82, 2.24) is 9.88 Å². The van der Waals surface area contributed by atoms with Crippen LogP contribution in [0.5, 0.6) is 5.75 Å². The van der Waals surface area contributed by atoms with Gasteiger partial charge in [-0.15, -0.1) is 0 Å². The molecule has 3 aromatic rings. The third-order valence-corrected chi connectivity index (χ3v) is 5.64. The van der Waals surface area contributed by atoms with E-state index in [1.54, 1.807) is 23.1 Å². The lowest BCUT2D eigenvalue weighted by molar-refractivity contribution is -0.133. The van der Waals surface area contributed by atoms with Crippen LogP contribution in [0.4, 0.5) is 5.88 Å². The first kappa shape index (κ1) is 22.4. The molecule has 4 rings (SSSR count). The number of aromatic nitrogens is 1. The maximum Gasteiger partial charge on any atom is 0.260 e. The SMILES string of the molecule is Cc1ccccc1OCC(=O)N1CCN(c2oc(C=Cc3ccc(Cl)cc3)nc2C#N)CC1. The van der Waals surface area contributed by atoms with Gasteiger partial charge in [-0.05, 0) is 42.3 Å². The first-order valence-corrected chi connectivity index (χ1v) is 11.0.